The van der Waals surface area contributed by atoms with E-state index >= 15 is 0 Å². The number of fused-ring (bicyclic) bond motifs is 1. The fourth-order valence-electron chi connectivity index (χ4n) is 2.38. The molecule has 122 valence electrons. The minimum atomic E-state index is -1.03. The number of aliphatic carboxylic acids is 1. The molecule has 1 amide bonds. The summed E-state index contributed by atoms with van der Waals surface area (Å²) in [4.78, 5) is 23.3. The van der Waals surface area contributed by atoms with Gasteiger partial charge in [0.2, 0.25) is 0 Å². The number of ether oxygens (including phenoxy) is 1. The summed E-state index contributed by atoms with van der Waals surface area (Å²) in [5.74, 6) is -0.857. The number of carbonyl (C=O) groups excluding carboxylic acids is 1. The summed E-state index contributed by atoms with van der Waals surface area (Å²) in [5, 5.41) is 13.6. The van der Waals surface area contributed by atoms with Crippen LogP contribution >= 0.6 is 0 Å². The standard InChI is InChI=1S/C18H21NO4/c1-3-7-15(18(21)22)19-17(20)12(2)23-16-11-6-9-13-8-4-5-10-14(13)16/h4-6,8-12,15H,3,7H2,1-2H3,(H,19,20)(H,21,22). The van der Waals surface area contributed by atoms with Gasteiger partial charge in [-0.25, -0.2) is 4.79 Å². The maximum Gasteiger partial charge on any atom is 0.326 e. The van der Waals surface area contributed by atoms with E-state index in [0.29, 0.717) is 18.6 Å². The van der Waals surface area contributed by atoms with Crippen molar-refractivity contribution < 1.29 is 19.4 Å². The van der Waals surface area contributed by atoms with Gasteiger partial charge in [0.1, 0.15) is 11.8 Å². The molecule has 2 unspecified atom stereocenters. The van der Waals surface area contributed by atoms with Crippen molar-refractivity contribution in [1.29, 1.82) is 0 Å². The molecule has 2 rings (SSSR count). The lowest BCUT2D eigenvalue weighted by molar-refractivity contribution is -0.143. The minimum absolute atomic E-state index is 0.391. The average molecular weight is 315 g/mol. The maximum absolute atomic E-state index is 12.2. The van der Waals surface area contributed by atoms with E-state index in [0.717, 1.165) is 10.8 Å². The fourth-order valence-corrected chi connectivity index (χ4v) is 2.38. The molecule has 0 heterocycles. The Hall–Kier alpha value is -2.56. The Morgan fingerprint density at radius 1 is 1.17 bits per heavy atom. The smallest absolute Gasteiger partial charge is 0.326 e. The van der Waals surface area contributed by atoms with Gasteiger partial charge in [0.15, 0.2) is 6.10 Å². The van der Waals surface area contributed by atoms with Gasteiger partial charge in [-0.2, -0.15) is 0 Å². The second-order valence-electron chi connectivity index (χ2n) is 5.43. The van der Waals surface area contributed by atoms with E-state index in [2.05, 4.69) is 5.32 Å². The second-order valence-corrected chi connectivity index (χ2v) is 5.43. The van der Waals surface area contributed by atoms with Crippen LogP contribution in [0.3, 0.4) is 0 Å². The Morgan fingerprint density at radius 2 is 1.87 bits per heavy atom. The van der Waals surface area contributed by atoms with Crippen LogP contribution in [0.25, 0.3) is 10.8 Å². The zero-order chi connectivity index (χ0) is 16.8. The molecule has 2 aromatic carbocycles. The molecular weight excluding hydrogens is 294 g/mol. The van der Waals surface area contributed by atoms with E-state index in [-0.39, 0.29) is 0 Å². The molecule has 0 fully saturated rings. The first-order chi connectivity index (χ1) is 11.0. The highest BCUT2D eigenvalue weighted by Gasteiger charge is 2.23. The first-order valence-electron chi connectivity index (χ1n) is 7.70. The molecule has 0 aromatic heterocycles. The largest absolute Gasteiger partial charge is 0.480 e. The molecule has 0 bridgehead atoms. The maximum atomic E-state index is 12.2. The van der Waals surface area contributed by atoms with Crippen LogP contribution in [-0.4, -0.2) is 29.1 Å². The first kappa shape index (κ1) is 16.8. The SMILES string of the molecule is CCCC(NC(=O)C(C)Oc1cccc2ccccc12)C(=O)O. The summed E-state index contributed by atoms with van der Waals surface area (Å²) in [6, 6.07) is 12.5. The highest BCUT2D eigenvalue weighted by molar-refractivity contribution is 5.89. The van der Waals surface area contributed by atoms with Gasteiger partial charge in [-0.3, -0.25) is 4.79 Å². The molecule has 0 aliphatic heterocycles. The topological polar surface area (TPSA) is 75.6 Å². The first-order valence-corrected chi connectivity index (χ1v) is 7.70. The van der Waals surface area contributed by atoms with Crippen molar-refractivity contribution in [2.24, 2.45) is 0 Å². The summed E-state index contributed by atoms with van der Waals surface area (Å²) in [6.45, 7) is 3.49. The third kappa shape index (κ3) is 4.22. The van der Waals surface area contributed by atoms with Crippen LogP contribution in [0.2, 0.25) is 0 Å². The van der Waals surface area contributed by atoms with Crippen LogP contribution in [0.5, 0.6) is 5.75 Å². The zero-order valence-corrected chi connectivity index (χ0v) is 13.3. The number of carboxylic acid groups (broad SMARTS) is 1. The lowest BCUT2D eigenvalue weighted by Crippen LogP contribution is -2.46. The Kier molecular flexibility index (Phi) is 5.57. The van der Waals surface area contributed by atoms with Crippen LogP contribution in [0.1, 0.15) is 26.7 Å². The second kappa shape index (κ2) is 7.63. The third-order valence-corrected chi connectivity index (χ3v) is 3.61. The lowest BCUT2D eigenvalue weighted by atomic mass is 10.1. The summed E-state index contributed by atoms with van der Waals surface area (Å²) in [7, 11) is 0. The van der Waals surface area contributed by atoms with E-state index < -0.39 is 24.0 Å². The number of nitrogens with one attached hydrogen (secondary N) is 1. The van der Waals surface area contributed by atoms with Crippen LogP contribution < -0.4 is 10.1 Å². The number of hydrogen-bond acceptors (Lipinski definition) is 3. The number of rotatable bonds is 7. The third-order valence-electron chi connectivity index (χ3n) is 3.61. The van der Waals surface area contributed by atoms with Crippen molar-refractivity contribution in [1.82, 2.24) is 5.32 Å². The van der Waals surface area contributed by atoms with E-state index in [1.807, 2.05) is 43.3 Å². The van der Waals surface area contributed by atoms with Crippen molar-refractivity contribution in [2.45, 2.75) is 38.8 Å². The summed E-state index contributed by atoms with van der Waals surface area (Å²) in [6.07, 6.45) is 0.289. The number of carboxylic acids is 1. The highest BCUT2D eigenvalue weighted by Crippen LogP contribution is 2.26. The molecule has 2 N–H and O–H groups in total. The van der Waals surface area contributed by atoms with E-state index in [1.165, 1.54) is 0 Å². The van der Waals surface area contributed by atoms with Gasteiger partial charge >= 0.3 is 5.97 Å². The summed E-state index contributed by atoms with van der Waals surface area (Å²) >= 11 is 0. The highest BCUT2D eigenvalue weighted by atomic mass is 16.5. The molecule has 0 saturated carbocycles. The Bertz CT molecular complexity index is 693. The molecule has 0 spiro atoms. The Labute approximate surface area is 135 Å². The molecule has 2 atom stereocenters. The molecule has 0 aliphatic carbocycles. The van der Waals surface area contributed by atoms with Gasteiger partial charge in [-0.1, -0.05) is 49.7 Å². The van der Waals surface area contributed by atoms with E-state index in [9.17, 15) is 9.59 Å². The quantitative estimate of drug-likeness (QED) is 0.823. The van der Waals surface area contributed by atoms with Gasteiger partial charge in [-0.05, 0) is 24.8 Å². The lowest BCUT2D eigenvalue weighted by Gasteiger charge is -2.19. The van der Waals surface area contributed by atoms with Gasteiger partial charge in [0.25, 0.3) is 5.91 Å². The van der Waals surface area contributed by atoms with Crippen LogP contribution in [-0.2, 0) is 9.59 Å². The van der Waals surface area contributed by atoms with Crippen molar-refractivity contribution in [3.63, 3.8) is 0 Å². The molecule has 0 radical (unpaired) electrons. The monoisotopic (exact) mass is 315 g/mol. The average Bonchev–Trinajstić information content (AvgIpc) is 2.54. The van der Waals surface area contributed by atoms with E-state index in [4.69, 9.17) is 9.84 Å². The van der Waals surface area contributed by atoms with Gasteiger partial charge < -0.3 is 15.2 Å². The number of amides is 1. The number of hydrogen-bond donors (Lipinski definition) is 2. The molecule has 23 heavy (non-hydrogen) atoms. The molecule has 5 nitrogen and oxygen atoms in total. The van der Waals surface area contributed by atoms with E-state index in [1.54, 1.807) is 13.0 Å². The van der Waals surface area contributed by atoms with Crippen molar-refractivity contribution in [3.8, 4) is 5.75 Å². The van der Waals surface area contributed by atoms with Crippen LogP contribution in [0, 0.1) is 0 Å². The van der Waals surface area contributed by atoms with Crippen molar-refractivity contribution in [2.75, 3.05) is 0 Å². The number of benzene rings is 2. The molecule has 0 saturated heterocycles. The zero-order valence-electron chi connectivity index (χ0n) is 13.3. The fraction of sp³-hybridized carbons (Fsp3) is 0.333. The van der Waals surface area contributed by atoms with Crippen LogP contribution in [0.15, 0.2) is 42.5 Å². The van der Waals surface area contributed by atoms with Crippen LogP contribution in [0.4, 0.5) is 0 Å². The number of carbonyl (C=O) groups is 2. The van der Waals surface area contributed by atoms with Gasteiger partial charge in [0, 0.05) is 5.39 Å². The normalized spacial score (nSPS) is 13.3. The van der Waals surface area contributed by atoms with Gasteiger partial charge in [-0.15, -0.1) is 0 Å². The molecular formula is C18H21NO4. The van der Waals surface area contributed by atoms with Crippen molar-refractivity contribution >= 4 is 22.6 Å². The Morgan fingerprint density at radius 3 is 2.57 bits per heavy atom. The van der Waals surface area contributed by atoms with Gasteiger partial charge in [0.05, 0.1) is 0 Å². The molecule has 0 aliphatic rings. The van der Waals surface area contributed by atoms with Crippen molar-refractivity contribution in [3.05, 3.63) is 42.5 Å². The minimum Gasteiger partial charge on any atom is -0.480 e. The summed E-state index contributed by atoms with van der Waals surface area (Å²) < 4.78 is 5.74. The summed E-state index contributed by atoms with van der Waals surface area (Å²) in [5.41, 5.74) is 0. The molecule has 2 aromatic rings. The Balaban J connectivity index is 2.09. The predicted molar refractivity (Wildman–Crippen MR) is 88.5 cm³/mol. The molecule has 5 heteroatoms. The predicted octanol–water partition coefficient (Wildman–Crippen LogP) is 2.98.